The first-order chi connectivity index (χ1) is 8.24. The number of aliphatic hydroxyl groups excluding tert-OH is 1. The van der Waals surface area contributed by atoms with Gasteiger partial charge in [-0.3, -0.25) is 0 Å². The number of nitrogens with one attached hydrogen (secondary N) is 1. The fourth-order valence-electron chi connectivity index (χ4n) is 1.15. The number of benzene rings is 1. The van der Waals surface area contributed by atoms with Crippen LogP contribution in [0.2, 0.25) is 5.02 Å². The molecule has 0 radical (unpaired) electrons. The first kappa shape index (κ1) is 14.9. The number of hydrogen-bond donors (Lipinski definition) is 3. The van der Waals surface area contributed by atoms with E-state index in [0.717, 1.165) is 18.2 Å². The SMILES string of the molecule is C[C@H](O)CNS(=O)(=O)c1ccc(C(=O)O)c(Cl)c1. The molecule has 0 aliphatic heterocycles. The molecule has 0 saturated heterocycles. The molecule has 0 heterocycles. The highest BCUT2D eigenvalue weighted by atomic mass is 35.5. The van der Waals surface area contributed by atoms with E-state index in [1.54, 1.807) is 0 Å². The van der Waals surface area contributed by atoms with Gasteiger partial charge in [0.05, 0.1) is 21.6 Å². The number of sulfonamides is 1. The van der Waals surface area contributed by atoms with Crippen molar-refractivity contribution < 1.29 is 23.4 Å². The zero-order valence-electron chi connectivity index (χ0n) is 9.42. The number of halogens is 1. The normalized spacial score (nSPS) is 13.3. The second kappa shape index (κ2) is 5.66. The summed E-state index contributed by atoms with van der Waals surface area (Å²) in [4.78, 5) is 10.6. The molecule has 3 N–H and O–H groups in total. The van der Waals surface area contributed by atoms with Gasteiger partial charge in [-0.15, -0.1) is 0 Å². The van der Waals surface area contributed by atoms with Gasteiger partial charge in [0.2, 0.25) is 10.0 Å². The Kier molecular flexibility index (Phi) is 4.69. The number of carboxylic acids is 1. The molecule has 18 heavy (non-hydrogen) atoms. The van der Waals surface area contributed by atoms with Gasteiger partial charge in [0.25, 0.3) is 0 Å². The van der Waals surface area contributed by atoms with Crippen LogP contribution in [0.4, 0.5) is 0 Å². The molecule has 0 bridgehead atoms. The predicted octanol–water partition coefficient (Wildman–Crippen LogP) is 0.697. The highest BCUT2D eigenvalue weighted by Crippen LogP contribution is 2.20. The van der Waals surface area contributed by atoms with Gasteiger partial charge in [-0.25, -0.2) is 17.9 Å². The lowest BCUT2D eigenvalue weighted by Gasteiger charge is -2.09. The molecule has 1 aromatic carbocycles. The Morgan fingerprint density at radius 3 is 2.56 bits per heavy atom. The topological polar surface area (TPSA) is 104 Å². The number of hydrogen-bond acceptors (Lipinski definition) is 4. The molecule has 1 atom stereocenters. The molecule has 1 aromatic rings. The minimum atomic E-state index is -3.81. The molecule has 6 nitrogen and oxygen atoms in total. The number of carboxylic acid groups (broad SMARTS) is 1. The Bertz CT molecular complexity index is 555. The summed E-state index contributed by atoms with van der Waals surface area (Å²) in [6.45, 7) is 1.30. The maximum atomic E-state index is 11.7. The molecule has 0 saturated carbocycles. The Hall–Kier alpha value is -1.15. The Balaban J connectivity index is 3.04. The molecule has 0 aliphatic rings. The highest BCUT2D eigenvalue weighted by Gasteiger charge is 2.17. The van der Waals surface area contributed by atoms with Crippen LogP contribution in [0.5, 0.6) is 0 Å². The van der Waals surface area contributed by atoms with Crippen molar-refractivity contribution in [3.63, 3.8) is 0 Å². The van der Waals surface area contributed by atoms with Crippen LogP contribution in [0.1, 0.15) is 17.3 Å². The second-order valence-corrected chi connectivity index (χ2v) is 5.82. The van der Waals surface area contributed by atoms with Crippen LogP contribution in [0.15, 0.2) is 23.1 Å². The first-order valence-electron chi connectivity index (χ1n) is 4.94. The lowest BCUT2D eigenvalue weighted by atomic mass is 10.2. The molecule has 1 rings (SSSR count). The lowest BCUT2D eigenvalue weighted by molar-refractivity contribution is 0.0697. The monoisotopic (exact) mass is 293 g/mol. The van der Waals surface area contributed by atoms with E-state index in [0.29, 0.717) is 0 Å². The molecule has 100 valence electrons. The molecule has 0 amide bonds. The summed E-state index contributed by atoms with van der Waals surface area (Å²) in [5, 5.41) is 17.6. The van der Waals surface area contributed by atoms with Gasteiger partial charge >= 0.3 is 5.97 Å². The van der Waals surface area contributed by atoms with Crippen molar-refractivity contribution in [2.75, 3.05) is 6.54 Å². The van der Waals surface area contributed by atoms with E-state index < -0.39 is 22.1 Å². The third kappa shape index (κ3) is 3.67. The molecular formula is C10H12ClNO5S. The minimum Gasteiger partial charge on any atom is -0.478 e. The number of aliphatic hydroxyl groups is 1. The summed E-state index contributed by atoms with van der Waals surface area (Å²) in [6.07, 6.45) is -0.825. The van der Waals surface area contributed by atoms with Gasteiger partial charge in [0.1, 0.15) is 0 Å². The molecule has 0 spiro atoms. The zero-order valence-corrected chi connectivity index (χ0v) is 11.0. The highest BCUT2D eigenvalue weighted by molar-refractivity contribution is 7.89. The number of rotatable bonds is 5. The smallest absolute Gasteiger partial charge is 0.337 e. The Morgan fingerprint density at radius 2 is 2.11 bits per heavy atom. The van der Waals surface area contributed by atoms with E-state index in [4.69, 9.17) is 21.8 Å². The van der Waals surface area contributed by atoms with Crippen LogP contribution in [0.25, 0.3) is 0 Å². The summed E-state index contributed by atoms with van der Waals surface area (Å²) < 4.78 is 25.7. The Morgan fingerprint density at radius 1 is 1.50 bits per heavy atom. The van der Waals surface area contributed by atoms with Gasteiger partial charge < -0.3 is 10.2 Å². The van der Waals surface area contributed by atoms with Crippen LogP contribution in [0.3, 0.4) is 0 Å². The van der Waals surface area contributed by atoms with E-state index in [1.807, 2.05) is 0 Å². The van der Waals surface area contributed by atoms with Crippen molar-refractivity contribution in [3.8, 4) is 0 Å². The van der Waals surface area contributed by atoms with Crippen molar-refractivity contribution in [3.05, 3.63) is 28.8 Å². The summed E-state index contributed by atoms with van der Waals surface area (Å²) in [5.74, 6) is -1.24. The van der Waals surface area contributed by atoms with E-state index in [9.17, 15) is 13.2 Å². The van der Waals surface area contributed by atoms with E-state index in [1.165, 1.54) is 6.92 Å². The van der Waals surface area contributed by atoms with Crippen LogP contribution >= 0.6 is 11.6 Å². The fraction of sp³-hybridized carbons (Fsp3) is 0.300. The largest absolute Gasteiger partial charge is 0.478 e. The van der Waals surface area contributed by atoms with Gasteiger partial charge in [-0.1, -0.05) is 11.6 Å². The average molecular weight is 294 g/mol. The molecular weight excluding hydrogens is 282 g/mol. The first-order valence-corrected chi connectivity index (χ1v) is 6.80. The molecule has 8 heteroatoms. The van der Waals surface area contributed by atoms with E-state index in [-0.39, 0.29) is 22.0 Å². The van der Waals surface area contributed by atoms with Gasteiger partial charge in [-0.2, -0.15) is 0 Å². The summed E-state index contributed by atoms with van der Waals surface area (Å²) in [5.41, 5.74) is -0.175. The van der Waals surface area contributed by atoms with Crippen LogP contribution in [0, 0.1) is 0 Å². The van der Waals surface area contributed by atoms with Gasteiger partial charge in [0.15, 0.2) is 0 Å². The molecule has 0 unspecified atom stereocenters. The van der Waals surface area contributed by atoms with E-state index >= 15 is 0 Å². The van der Waals surface area contributed by atoms with Crippen LogP contribution in [-0.2, 0) is 10.0 Å². The maximum absolute atomic E-state index is 11.7. The molecule has 0 fully saturated rings. The third-order valence-corrected chi connectivity index (χ3v) is 3.78. The third-order valence-electron chi connectivity index (χ3n) is 2.05. The summed E-state index contributed by atoms with van der Waals surface area (Å²) in [7, 11) is -3.81. The molecule has 0 aliphatic carbocycles. The van der Waals surface area contributed by atoms with Crippen molar-refractivity contribution in [1.82, 2.24) is 4.72 Å². The Labute approximate surface area is 109 Å². The van der Waals surface area contributed by atoms with Crippen molar-refractivity contribution in [2.45, 2.75) is 17.9 Å². The minimum absolute atomic E-state index is 0.138. The predicted molar refractivity (Wildman–Crippen MR) is 65.3 cm³/mol. The number of aromatic carboxylic acids is 1. The van der Waals surface area contributed by atoms with Crippen molar-refractivity contribution in [2.24, 2.45) is 0 Å². The number of carbonyl (C=O) groups is 1. The average Bonchev–Trinajstić information content (AvgIpc) is 2.26. The van der Waals surface area contributed by atoms with E-state index in [2.05, 4.69) is 4.72 Å². The maximum Gasteiger partial charge on any atom is 0.337 e. The summed E-state index contributed by atoms with van der Waals surface area (Å²) >= 11 is 5.67. The van der Waals surface area contributed by atoms with Crippen LogP contribution in [-0.4, -0.2) is 37.2 Å². The van der Waals surface area contributed by atoms with Gasteiger partial charge in [-0.05, 0) is 25.1 Å². The van der Waals surface area contributed by atoms with Crippen molar-refractivity contribution in [1.29, 1.82) is 0 Å². The summed E-state index contributed by atoms with van der Waals surface area (Å²) in [6, 6.07) is 3.30. The lowest BCUT2D eigenvalue weighted by Crippen LogP contribution is -2.30. The fourth-order valence-corrected chi connectivity index (χ4v) is 2.62. The quantitative estimate of drug-likeness (QED) is 0.741. The second-order valence-electron chi connectivity index (χ2n) is 3.65. The zero-order chi connectivity index (χ0) is 13.9. The van der Waals surface area contributed by atoms with Crippen LogP contribution < -0.4 is 4.72 Å². The van der Waals surface area contributed by atoms with Crippen molar-refractivity contribution >= 4 is 27.6 Å². The molecule has 0 aromatic heterocycles. The standard InChI is InChI=1S/C10H12ClNO5S/c1-6(13)5-12-18(16,17)7-2-3-8(10(14)15)9(11)4-7/h2-4,6,12-13H,5H2,1H3,(H,14,15)/t6-/m0/s1. The van der Waals surface area contributed by atoms with Gasteiger partial charge in [0, 0.05) is 6.54 Å².